The predicted molar refractivity (Wildman–Crippen MR) is 148 cm³/mol. The number of carbonyl (C=O) groups is 4. The molecule has 1 aliphatic heterocycles. The van der Waals surface area contributed by atoms with E-state index in [1.165, 1.54) is 40.4 Å². The van der Waals surface area contributed by atoms with Crippen molar-refractivity contribution in [2.75, 3.05) is 21.3 Å². The summed E-state index contributed by atoms with van der Waals surface area (Å²) < 4.78 is 21.5. The monoisotopic (exact) mass is 576 g/mol. The van der Waals surface area contributed by atoms with E-state index < -0.39 is 65.9 Å². The van der Waals surface area contributed by atoms with Crippen molar-refractivity contribution in [2.45, 2.75) is 64.6 Å². The minimum atomic E-state index is -1.49. The summed E-state index contributed by atoms with van der Waals surface area (Å²) in [5, 5.41) is 24.8. The average Bonchev–Trinajstić information content (AvgIpc) is 2.92. The van der Waals surface area contributed by atoms with E-state index in [4.69, 9.17) is 24.7 Å². The number of fused-ring (bicyclic) bond motifs is 2. The maximum atomic E-state index is 13.4. The summed E-state index contributed by atoms with van der Waals surface area (Å²) in [5.74, 6) is -3.71. The Morgan fingerprint density at radius 3 is 2.29 bits per heavy atom. The second-order valence-corrected chi connectivity index (χ2v) is 10.1. The molecule has 7 atom stereocenters. The van der Waals surface area contributed by atoms with Gasteiger partial charge in [-0.05, 0) is 31.8 Å². The Balaban J connectivity index is 2.66. The van der Waals surface area contributed by atoms with Gasteiger partial charge in [0.05, 0.1) is 36.7 Å². The number of aliphatic hydroxyl groups excluding tert-OH is 2. The lowest BCUT2D eigenvalue weighted by Gasteiger charge is -2.31. The number of hydrogen-bond acceptors (Lipinski definition) is 10. The van der Waals surface area contributed by atoms with Crippen LogP contribution in [0, 0.1) is 11.8 Å². The Labute approximate surface area is 239 Å². The minimum absolute atomic E-state index is 0.0793. The van der Waals surface area contributed by atoms with Crippen molar-refractivity contribution < 1.29 is 48.3 Å². The molecular formula is C29H40N2O10. The van der Waals surface area contributed by atoms with Crippen LogP contribution in [0.4, 0.5) is 4.79 Å². The molecule has 0 saturated carbocycles. The maximum absolute atomic E-state index is 13.4. The summed E-state index contributed by atoms with van der Waals surface area (Å²) in [4.78, 5) is 50.7. The predicted octanol–water partition coefficient (Wildman–Crippen LogP) is 1.38. The normalized spacial score (nSPS) is 34.0. The first kappa shape index (κ1) is 33.6. The summed E-state index contributed by atoms with van der Waals surface area (Å²) >= 11 is 0. The Bertz CT molecular complexity index is 1180. The first-order valence-corrected chi connectivity index (χ1v) is 13.1. The number of methoxy groups -OCH3 is 3. The molecule has 41 heavy (non-hydrogen) atoms. The molecule has 12 heteroatoms. The van der Waals surface area contributed by atoms with Crippen LogP contribution in [0.15, 0.2) is 58.6 Å². The fourth-order valence-corrected chi connectivity index (χ4v) is 4.77. The van der Waals surface area contributed by atoms with Gasteiger partial charge in [-0.15, -0.1) is 0 Å². The minimum Gasteiger partial charge on any atom is -0.492 e. The molecule has 0 aromatic rings. The van der Waals surface area contributed by atoms with Crippen molar-refractivity contribution in [1.82, 2.24) is 5.32 Å². The van der Waals surface area contributed by atoms with Gasteiger partial charge >= 0.3 is 6.09 Å². The number of ether oxygens (including phenoxy) is 4. The van der Waals surface area contributed by atoms with Gasteiger partial charge in [0, 0.05) is 31.8 Å². The largest absolute Gasteiger partial charge is 0.492 e. The molecule has 1 heterocycles. The number of Topliss-reactive ketones (excluding diaryl/α,β-unsaturated/α-hetero) is 1. The van der Waals surface area contributed by atoms with Gasteiger partial charge in [0.2, 0.25) is 11.6 Å². The van der Waals surface area contributed by atoms with Gasteiger partial charge in [0.1, 0.15) is 6.10 Å². The van der Waals surface area contributed by atoms with E-state index in [1.54, 1.807) is 32.9 Å². The SMILES string of the molecule is COC1=C2C(=O)C(=CC1=O)NC(=O)/C(C)=C\C=C/[C@H](OC)[C@@H](OC(N)=O)/C(C)=C\[C@H](C)[C@@H](O)[C@@H](OC)C[C@H](C)[C@H]2O. The molecule has 1 aliphatic carbocycles. The number of rotatable bonds is 4. The van der Waals surface area contributed by atoms with Gasteiger partial charge in [-0.25, -0.2) is 4.79 Å². The fraction of sp³-hybridized carbons (Fsp3) is 0.517. The van der Waals surface area contributed by atoms with E-state index >= 15 is 0 Å². The topological polar surface area (TPSA) is 184 Å². The number of aliphatic hydroxyl groups is 2. The van der Waals surface area contributed by atoms with Crippen molar-refractivity contribution in [3.05, 3.63) is 58.6 Å². The van der Waals surface area contributed by atoms with Gasteiger partial charge in [0.25, 0.3) is 5.91 Å². The van der Waals surface area contributed by atoms with Crippen molar-refractivity contribution in [3.8, 4) is 0 Å². The van der Waals surface area contributed by atoms with Crippen LogP contribution in [0.25, 0.3) is 0 Å². The van der Waals surface area contributed by atoms with Crippen LogP contribution in [0.5, 0.6) is 0 Å². The van der Waals surface area contributed by atoms with Crippen LogP contribution in [-0.4, -0.2) is 85.6 Å². The lowest BCUT2D eigenvalue weighted by atomic mass is 9.83. The lowest BCUT2D eigenvalue weighted by Crippen LogP contribution is -2.40. The molecule has 12 nitrogen and oxygen atoms in total. The zero-order valence-corrected chi connectivity index (χ0v) is 24.4. The van der Waals surface area contributed by atoms with Crippen LogP contribution in [0.3, 0.4) is 0 Å². The van der Waals surface area contributed by atoms with Gasteiger partial charge in [-0.2, -0.15) is 0 Å². The highest BCUT2D eigenvalue weighted by Gasteiger charge is 2.38. The van der Waals surface area contributed by atoms with Crippen LogP contribution >= 0.6 is 0 Å². The molecule has 0 saturated heterocycles. The Kier molecular flexibility index (Phi) is 12.2. The zero-order valence-electron chi connectivity index (χ0n) is 24.4. The Morgan fingerprint density at radius 1 is 1.07 bits per heavy atom. The molecule has 2 amide bonds. The molecule has 2 bridgehead atoms. The molecule has 0 aromatic carbocycles. The quantitative estimate of drug-likeness (QED) is 0.282. The lowest BCUT2D eigenvalue weighted by molar-refractivity contribution is -0.121. The number of nitrogens with two attached hydrogens (primary N) is 1. The number of amides is 2. The molecule has 0 fully saturated rings. The Hall–Kier alpha value is -3.58. The number of primary amides is 1. The molecule has 2 rings (SSSR count). The van der Waals surface area contributed by atoms with E-state index in [0.29, 0.717) is 5.57 Å². The second-order valence-electron chi connectivity index (χ2n) is 10.1. The van der Waals surface area contributed by atoms with E-state index in [1.807, 2.05) is 0 Å². The van der Waals surface area contributed by atoms with E-state index in [2.05, 4.69) is 5.32 Å². The third-order valence-electron chi connectivity index (χ3n) is 7.14. The average molecular weight is 577 g/mol. The molecule has 2 aliphatic rings. The fourth-order valence-electron chi connectivity index (χ4n) is 4.77. The number of nitrogens with one attached hydrogen (secondary N) is 1. The summed E-state index contributed by atoms with van der Waals surface area (Å²) in [6.07, 6.45) is 1.02. The van der Waals surface area contributed by atoms with E-state index in [9.17, 15) is 29.4 Å². The van der Waals surface area contributed by atoms with Crippen molar-refractivity contribution in [2.24, 2.45) is 17.6 Å². The summed E-state index contributed by atoms with van der Waals surface area (Å²) in [6, 6.07) is 0. The molecule has 226 valence electrons. The summed E-state index contributed by atoms with van der Waals surface area (Å²) in [7, 11) is 4.01. The first-order chi connectivity index (χ1) is 19.3. The van der Waals surface area contributed by atoms with Crippen LogP contribution in [-0.2, 0) is 33.3 Å². The number of allylic oxidation sites excluding steroid dienone is 4. The smallest absolute Gasteiger partial charge is 0.405 e. The molecule has 0 spiro atoms. The maximum Gasteiger partial charge on any atom is 0.405 e. The molecule has 5 N–H and O–H groups in total. The highest BCUT2D eigenvalue weighted by atomic mass is 16.6. The zero-order chi connectivity index (χ0) is 31.0. The van der Waals surface area contributed by atoms with Crippen molar-refractivity contribution in [1.29, 1.82) is 0 Å². The van der Waals surface area contributed by atoms with Gasteiger partial charge in [-0.1, -0.05) is 38.2 Å². The van der Waals surface area contributed by atoms with Crippen LogP contribution < -0.4 is 11.1 Å². The van der Waals surface area contributed by atoms with Crippen molar-refractivity contribution in [3.63, 3.8) is 0 Å². The van der Waals surface area contributed by atoms with Crippen LogP contribution in [0.1, 0.15) is 34.1 Å². The summed E-state index contributed by atoms with van der Waals surface area (Å²) in [6.45, 7) is 6.55. The molecule has 0 radical (unpaired) electrons. The van der Waals surface area contributed by atoms with Gasteiger partial charge in [-0.3, -0.25) is 14.4 Å². The highest BCUT2D eigenvalue weighted by molar-refractivity contribution is 6.23. The number of carbonyl (C=O) groups excluding carboxylic acids is 4. The molecule has 0 unspecified atom stereocenters. The summed E-state index contributed by atoms with van der Waals surface area (Å²) in [5.41, 5.74) is 5.39. The number of hydrogen-bond donors (Lipinski definition) is 4. The highest BCUT2D eigenvalue weighted by Crippen LogP contribution is 2.30. The molecular weight excluding hydrogens is 536 g/mol. The third kappa shape index (κ3) is 8.23. The van der Waals surface area contributed by atoms with Gasteiger partial charge < -0.3 is 40.2 Å². The van der Waals surface area contributed by atoms with Crippen LogP contribution in [0.2, 0.25) is 0 Å². The molecule has 0 aromatic heterocycles. The standard InChI is InChI=1S/C29H40N2O10/c1-14-9-8-10-20(38-5)26(41-29(30)37)17(4)11-15(2)23(33)21(39-6)12-16(3)24(34)22-25(35)18(31-28(14)36)13-19(32)27(22)40-7/h8-11,13,15-16,20-21,23-24,26,33-34H,12H2,1-7H3,(H2,30,37)(H,31,36)/b10-8-,14-9-,17-11-/t15-,16-,20-,21-,23+,24+,26-/m0/s1. The van der Waals surface area contributed by atoms with E-state index in [-0.39, 0.29) is 29.0 Å². The third-order valence-corrected chi connectivity index (χ3v) is 7.14. The number of ketones is 2. The van der Waals surface area contributed by atoms with E-state index in [0.717, 1.165) is 6.08 Å². The first-order valence-electron chi connectivity index (χ1n) is 13.1. The second kappa shape index (κ2) is 14.9. The van der Waals surface area contributed by atoms with Gasteiger partial charge in [0.15, 0.2) is 11.9 Å². The Morgan fingerprint density at radius 2 is 1.73 bits per heavy atom. The van der Waals surface area contributed by atoms with Crippen molar-refractivity contribution >= 4 is 23.6 Å².